The summed E-state index contributed by atoms with van der Waals surface area (Å²) >= 11 is 0. The number of aromatic nitrogens is 2. The Labute approximate surface area is 210 Å². The van der Waals surface area contributed by atoms with Crippen LogP contribution in [0.25, 0.3) is 6.08 Å². The Balaban J connectivity index is 1.29. The maximum atomic E-state index is 12.7. The molecular formula is C27H30N4O5. The van der Waals surface area contributed by atoms with Crippen LogP contribution in [0.3, 0.4) is 0 Å². The number of likely N-dealkylation sites (tertiary alicyclic amines) is 1. The molecule has 1 saturated heterocycles. The summed E-state index contributed by atoms with van der Waals surface area (Å²) in [4.78, 5) is 30.8. The number of nitrogens with one attached hydrogen (secondary N) is 1. The first-order chi connectivity index (χ1) is 17.4. The quantitative estimate of drug-likeness (QED) is 0.480. The van der Waals surface area contributed by atoms with E-state index >= 15 is 0 Å². The molecule has 1 aliphatic heterocycles. The summed E-state index contributed by atoms with van der Waals surface area (Å²) < 4.78 is 16.6. The lowest BCUT2D eigenvalue weighted by atomic mass is 10.0. The third kappa shape index (κ3) is 6.10. The standard InChI is InChI=1S/C27H30N4O5/c1-18-23(19(2)36-30-18)17-35-24-8-6-20(15-25(24)34-3)7-9-26(32)31-13-10-22(11-14-31)29-27(33)21-5-4-12-28-16-21/h4-9,12,15-16,22H,10-11,13-14,17H2,1-3H3,(H,29,33)/b9-7+. The predicted octanol–water partition coefficient (Wildman–Crippen LogP) is 3.71. The third-order valence-corrected chi connectivity index (χ3v) is 6.22. The molecule has 1 aliphatic rings. The van der Waals surface area contributed by atoms with Crippen molar-refractivity contribution in [2.75, 3.05) is 20.2 Å². The first-order valence-electron chi connectivity index (χ1n) is 11.8. The van der Waals surface area contributed by atoms with Crippen molar-refractivity contribution in [1.29, 1.82) is 0 Å². The number of pyridine rings is 1. The number of amides is 2. The van der Waals surface area contributed by atoms with Crippen molar-refractivity contribution in [2.45, 2.75) is 39.3 Å². The van der Waals surface area contributed by atoms with E-state index in [0.717, 1.165) is 22.6 Å². The van der Waals surface area contributed by atoms with Crippen molar-refractivity contribution >= 4 is 17.9 Å². The topological polar surface area (TPSA) is 107 Å². The number of carbonyl (C=O) groups is 2. The fourth-order valence-corrected chi connectivity index (χ4v) is 4.05. The van der Waals surface area contributed by atoms with E-state index in [1.807, 2.05) is 32.0 Å². The van der Waals surface area contributed by atoms with Gasteiger partial charge < -0.3 is 24.2 Å². The summed E-state index contributed by atoms with van der Waals surface area (Å²) in [7, 11) is 1.58. The maximum Gasteiger partial charge on any atom is 0.253 e. The average molecular weight is 491 g/mol. The van der Waals surface area contributed by atoms with Gasteiger partial charge in [0.15, 0.2) is 11.5 Å². The molecule has 2 amide bonds. The zero-order valence-corrected chi connectivity index (χ0v) is 20.7. The largest absolute Gasteiger partial charge is 0.493 e. The van der Waals surface area contributed by atoms with E-state index in [4.69, 9.17) is 14.0 Å². The van der Waals surface area contributed by atoms with E-state index in [2.05, 4.69) is 15.5 Å². The van der Waals surface area contributed by atoms with Crippen molar-refractivity contribution in [2.24, 2.45) is 0 Å². The summed E-state index contributed by atoms with van der Waals surface area (Å²) in [6.07, 6.45) is 7.92. The summed E-state index contributed by atoms with van der Waals surface area (Å²) in [6.45, 7) is 5.21. The second-order valence-corrected chi connectivity index (χ2v) is 8.65. The first kappa shape index (κ1) is 25.0. The molecule has 1 N–H and O–H groups in total. The van der Waals surface area contributed by atoms with Crippen LogP contribution in [0.5, 0.6) is 11.5 Å². The minimum atomic E-state index is -0.138. The molecule has 3 aromatic rings. The molecule has 0 unspecified atom stereocenters. The predicted molar refractivity (Wildman–Crippen MR) is 134 cm³/mol. The van der Waals surface area contributed by atoms with Gasteiger partial charge in [-0.05, 0) is 62.6 Å². The Morgan fingerprint density at radius 1 is 1.19 bits per heavy atom. The lowest BCUT2D eigenvalue weighted by Gasteiger charge is -2.31. The molecule has 9 nitrogen and oxygen atoms in total. The molecule has 0 aliphatic carbocycles. The fraction of sp³-hybridized carbons (Fsp3) is 0.333. The fourth-order valence-electron chi connectivity index (χ4n) is 4.05. The number of hydrogen-bond donors (Lipinski definition) is 1. The van der Waals surface area contributed by atoms with Crippen LogP contribution in [0.15, 0.2) is 53.3 Å². The van der Waals surface area contributed by atoms with Crippen LogP contribution in [0.2, 0.25) is 0 Å². The average Bonchev–Trinajstić information content (AvgIpc) is 3.23. The highest BCUT2D eigenvalue weighted by molar-refractivity contribution is 5.94. The van der Waals surface area contributed by atoms with Crippen molar-refractivity contribution in [3.05, 3.63) is 76.9 Å². The molecule has 0 bridgehead atoms. The molecule has 0 atom stereocenters. The number of hydrogen-bond acceptors (Lipinski definition) is 7. The van der Waals surface area contributed by atoms with Gasteiger partial charge in [-0.15, -0.1) is 0 Å². The number of ether oxygens (including phenoxy) is 2. The molecule has 0 radical (unpaired) electrons. The van der Waals surface area contributed by atoms with Crippen LogP contribution in [-0.2, 0) is 11.4 Å². The minimum Gasteiger partial charge on any atom is -0.493 e. The van der Waals surface area contributed by atoms with Crippen LogP contribution < -0.4 is 14.8 Å². The van der Waals surface area contributed by atoms with Gasteiger partial charge >= 0.3 is 0 Å². The van der Waals surface area contributed by atoms with Crippen molar-refractivity contribution in [3.63, 3.8) is 0 Å². The monoisotopic (exact) mass is 490 g/mol. The number of aryl methyl sites for hydroxylation is 2. The molecule has 1 aromatic carbocycles. The van der Waals surface area contributed by atoms with Crippen LogP contribution in [0.1, 0.15) is 45.8 Å². The van der Waals surface area contributed by atoms with Gasteiger partial charge in [-0.1, -0.05) is 11.2 Å². The van der Waals surface area contributed by atoms with Gasteiger partial charge in [-0.2, -0.15) is 0 Å². The molecule has 4 rings (SSSR count). The molecule has 1 fully saturated rings. The normalized spacial score (nSPS) is 14.1. The smallest absolute Gasteiger partial charge is 0.253 e. The van der Waals surface area contributed by atoms with Crippen molar-refractivity contribution in [1.82, 2.24) is 20.4 Å². The number of carbonyl (C=O) groups excluding carboxylic acids is 2. The van der Waals surface area contributed by atoms with Crippen LogP contribution in [0.4, 0.5) is 0 Å². The van der Waals surface area contributed by atoms with Gasteiger partial charge in [0.1, 0.15) is 12.4 Å². The third-order valence-electron chi connectivity index (χ3n) is 6.22. The van der Waals surface area contributed by atoms with Crippen LogP contribution >= 0.6 is 0 Å². The van der Waals surface area contributed by atoms with Gasteiger partial charge in [-0.25, -0.2) is 0 Å². The lowest BCUT2D eigenvalue weighted by Crippen LogP contribution is -2.46. The highest BCUT2D eigenvalue weighted by Crippen LogP contribution is 2.30. The number of nitrogens with zero attached hydrogens (tertiary/aromatic N) is 3. The number of benzene rings is 1. The van der Waals surface area contributed by atoms with E-state index in [1.54, 1.807) is 48.7 Å². The summed E-state index contributed by atoms with van der Waals surface area (Å²) in [5.41, 5.74) is 3.06. The number of rotatable bonds is 8. The van der Waals surface area contributed by atoms with Crippen molar-refractivity contribution in [3.8, 4) is 11.5 Å². The summed E-state index contributed by atoms with van der Waals surface area (Å²) in [6, 6.07) is 9.02. The Bertz CT molecular complexity index is 1210. The maximum absolute atomic E-state index is 12.7. The molecule has 3 heterocycles. The van der Waals surface area contributed by atoms with E-state index in [1.165, 1.54) is 0 Å². The van der Waals surface area contributed by atoms with E-state index in [9.17, 15) is 9.59 Å². The molecule has 188 valence electrons. The van der Waals surface area contributed by atoms with Gasteiger partial charge in [0.05, 0.1) is 23.9 Å². The zero-order chi connectivity index (χ0) is 25.5. The van der Waals surface area contributed by atoms with Crippen LogP contribution in [-0.4, -0.2) is 53.1 Å². The Kier molecular flexibility index (Phi) is 7.99. The summed E-state index contributed by atoms with van der Waals surface area (Å²) in [5.74, 6) is 1.69. The van der Waals surface area contributed by atoms with E-state index in [0.29, 0.717) is 49.6 Å². The van der Waals surface area contributed by atoms with E-state index in [-0.39, 0.29) is 17.9 Å². The van der Waals surface area contributed by atoms with Gasteiger partial charge in [0, 0.05) is 37.6 Å². The lowest BCUT2D eigenvalue weighted by molar-refractivity contribution is -0.127. The number of piperidine rings is 1. The first-order valence-corrected chi connectivity index (χ1v) is 11.8. The highest BCUT2D eigenvalue weighted by Gasteiger charge is 2.23. The van der Waals surface area contributed by atoms with Gasteiger partial charge in [-0.3, -0.25) is 14.6 Å². The second kappa shape index (κ2) is 11.5. The Morgan fingerprint density at radius 2 is 2.00 bits per heavy atom. The Morgan fingerprint density at radius 3 is 2.67 bits per heavy atom. The van der Waals surface area contributed by atoms with Gasteiger partial charge in [0.2, 0.25) is 5.91 Å². The summed E-state index contributed by atoms with van der Waals surface area (Å²) in [5, 5.41) is 6.97. The number of methoxy groups -OCH3 is 1. The molecule has 9 heteroatoms. The second-order valence-electron chi connectivity index (χ2n) is 8.65. The van der Waals surface area contributed by atoms with Gasteiger partial charge in [0.25, 0.3) is 5.91 Å². The Hall–Kier alpha value is -4.14. The van der Waals surface area contributed by atoms with Crippen LogP contribution in [0, 0.1) is 13.8 Å². The molecular weight excluding hydrogens is 460 g/mol. The highest BCUT2D eigenvalue weighted by atomic mass is 16.5. The molecule has 0 saturated carbocycles. The minimum absolute atomic E-state index is 0.0351. The molecule has 36 heavy (non-hydrogen) atoms. The molecule has 2 aromatic heterocycles. The SMILES string of the molecule is COc1cc(/C=C/C(=O)N2CCC(NC(=O)c3cccnc3)CC2)ccc1OCc1c(C)noc1C. The molecule has 0 spiro atoms. The van der Waals surface area contributed by atoms with E-state index < -0.39 is 0 Å². The van der Waals surface area contributed by atoms with Crippen molar-refractivity contribution < 1.29 is 23.6 Å². The zero-order valence-electron chi connectivity index (χ0n) is 20.7.